The zero-order chi connectivity index (χ0) is 13.7. The number of hydrogen-bond acceptors (Lipinski definition) is 5. The summed E-state index contributed by atoms with van der Waals surface area (Å²) in [6, 6.07) is 1.73. The molecule has 2 aromatic rings. The number of carbonyl (C=O) groups excluding carboxylic acids is 1. The summed E-state index contributed by atoms with van der Waals surface area (Å²) in [5.41, 5.74) is 0.905. The van der Waals surface area contributed by atoms with Crippen LogP contribution < -0.4 is 5.32 Å². The molecule has 0 saturated heterocycles. The molecule has 0 spiro atoms. The molecule has 2 heterocycles. The molecule has 0 aromatic carbocycles. The van der Waals surface area contributed by atoms with Crippen molar-refractivity contribution >= 4 is 29.3 Å². The Morgan fingerprint density at radius 3 is 3.11 bits per heavy atom. The highest BCUT2D eigenvalue weighted by Crippen LogP contribution is 2.06. The molecule has 2 N–H and O–H groups in total. The number of fused-ring (bicyclic) bond motifs is 1. The predicted molar refractivity (Wildman–Crippen MR) is 70.3 cm³/mol. The first-order chi connectivity index (χ1) is 9.18. The summed E-state index contributed by atoms with van der Waals surface area (Å²) in [6.45, 7) is 0.404. The van der Waals surface area contributed by atoms with Crippen LogP contribution in [0.3, 0.4) is 0 Å². The molecule has 2 aromatic heterocycles. The van der Waals surface area contributed by atoms with Gasteiger partial charge in [-0.25, -0.2) is 9.50 Å². The van der Waals surface area contributed by atoms with Crippen LogP contribution in [0.15, 0.2) is 24.7 Å². The number of nitrogens with one attached hydrogen (secondary N) is 1. The summed E-state index contributed by atoms with van der Waals surface area (Å²) in [7, 11) is 0. The predicted octanol–water partition coefficient (Wildman–Crippen LogP) is 0.277. The van der Waals surface area contributed by atoms with Crippen LogP contribution in [0.2, 0.25) is 0 Å². The van der Waals surface area contributed by atoms with E-state index in [0.29, 0.717) is 23.5 Å². The number of carbonyl (C=O) groups is 2. The van der Waals surface area contributed by atoms with E-state index in [0.717, 1.165) is 0 Å². The SMILES string of the molecule is O=C(O)CSCCNC(=O)c1cnn2cccnc12. The van der Waals surface area contributed by atoms with E-state index >= 15 is 0 Å². The molecule has 0 unspecified atom stereocenters. The third-order valence-electron chi connectivity index (χ3n) is 2.28. The van der Waals surface area contributed by atoms with Gasteiger partial charge in [0.1, 0.15) is 5.56 Å². The molecule has 1 amide bonds. The molecule has 0 bridgehead atoms. The average Bonchev–Trinajstić information content (AvgIpc) is 2.81. The number of carboxylic acids is 1. The lowest BCUT2D eigenvalue weighted by Gasteiger charge is -2.02. The first-order valence-corrected chi connectivity index (χ1v) is 6.70. The topological polar surface area (TPSA) is 96.6 Å². The van der Waals surface area contributed by atoms with Gasteiger partial charge in [0.25, 0.3) is 5.91 Å². The van der Waals surface area contributed by atoms with Gasteiger partial charge in [-0.05, 0) is 6.07 Å². The minimum absolute atomic E-state index is 0.0359. The summed E-state index contributed by atoms with van der Waals surface area (Å²) < 4.78 is 1.52. The number of carboxylic acid groups (broad SMARTS) is 1. The van der Waals surface area contributed by atoms with Gasteiger partial charge in [-0.15, -0.1) is 11.8 Å². The second-order valence-electron chi connectivity index (χ2n) is 3.65. The van der Waals surface area contributed by atoms with Crippen LogP contribution in [0.4, 0.5) is 0 Å². The van der Waals surface area contributed by atoms with E-state index in [1.807, 2.05) is 0 Å². The summed E-state index contributed by atoms with van der Waals surface area (Å²) >= 11 is 1.25. The number of amides is 1. The molecule has 7 nitrogen and oxygen atoms in total. The lowest BCUT2D eigenvalue weighted by Crippen LogP contribution is -2.26. The van der Waals surface area contributed by atoms with Crippen molar-refractivity contribution in [2.24, 2.45) is 0 Å². The maximum absolute atomic E-state index is 11.9. The molecular weight excluding hydrogens is 268 g/mol. The van der Waals surface area contributed by atoms with Gasteiger partial charge in [-0.1, -0.05) is 0 Å². The minimum atomic E-state index is -0.858. The number of nitrogens with zero attached hydrogens (tertiary/aromatic N) is 3. The highest BCUT2D eigenvalue weighted by Gasteiger charge is 2.12. The lowest BCUT2D eigenvalue weighted by atomic mass is 10.3. The molecule has 0 aliphatic carbocycles. The van der Waals surface area contributed by atoms with Gasteiger partial charge in [-0.2, -0.15) is 5.10 Å². The van der Waals surface area contributed by atoms with Gasteiger partial charge >= 0.3 is 5.97 Å². The maximum Gasteiger partial charge on any atom is 0.313 e. The first-order valence-electron chi connectivity index (χ1n) is 5.54. The number of aliphatic carboxylic acids is 1. The average molecular weight is 280 g/mol. The summed E-state index contributed by atoms with van der Waals surface area (Å²) in [6.07, 6.45) is 4.76. The smallest absolute Gasteiger partial charge is 0.313 e. The van der Waals surface area contributed by atoms with Gasteiger partial charge in [0, 0.05) is 24.7 Å². The van der Waals surface area contributed by atoms with Gasteiger partial charge in [0.2, 0.25) is 0 Å². The molecule has 0 aliphatic heterocycles. The number of rotatable bonds is 6. The third-order valence-corrected chi connectivity index (χ3v) is 3.23. The van der Waals surface area contributed by atoms with E-state index in [1.165, 1.54) is 22.5 Å². The van der Waals surface area contributed by atoms with Crippen LogP contribution in [0.5, 0.6) is 0 Å². The van der Waals surface area contributed by atoms with Crippen LogP contribution in [-0.2, 0) is 4.79 Å². The van der Waals surface area contributed by atoms with Crippen molar-refractivity contribution in [2.45, 2.75) is 0 Å². The Bertz CT molecular complexity index is 598. The fraction of sp³-hybridized carbons (Fsp3) is 0.273. The lowest BCUT2D eigenvalue weighted by molar-refractivity contribution is -0.133. The van der Waals surface area contributed by atoms with Crippen molar-refractivity contribution < 1.29 is 14.7 Å². The molecule has 0 aliphatic rings. The van der Waals surface area contributed by atoms with E-state index in [4.69, 9.17) is 5.11 Å². The molecular formula is C11H12N4O3S. The quantitative estimate of drug-likeness (QED) is 0.738. The summed E-state index contributed by atoms with van der Waals surface area (Å²) in [5.74, 6) is -0.536. The largest absolute Gasteiger partial charge is 0.481 e. The van der Waals surface area contributed by atoms with Crippen molar-refractivity contribution in [3.63, 3.8) is 0 Å². The molecule has 8 heteroatoms. The van der Waals surface area contributed by atoms with Crippen molar-refractivity contribution in [1.29, 1.82) is 0 Å². The maximum atomic E-state index is 11.9. The minimum Gasteiger partial charge on any atom is -0.481 e. The van der Waals surface area contributed by atoms with E-state index in [1.54, 1.807) is 18.5 Å². The van der Waals surface area contributed by atoms with Crippen LogP contribution in [0.1, 0.15) is 10.4 Å². The zero-order valence-corrected chi connectivity index (χ0v) is 10.8. The van der Waals surface area contributed by atoms with E-state index in [-0.39, 0.29) is 11.7 Å². The van der Waals surface area contributed by atoms with Gasteiger partial charge < -0.3 is 10.4 Å². The molecule has 100 valence electrons. The van der Waals surface area contributed by atoms with E-state index in [2.05, 4.69) is 15.4 Å². The molecule has 0 radical (unpaired) electrons. The Morgan fingerprint density at radius 2 is 2.32 bits per heavy atom. The van der Waals surface area contributed by atoms with Gasteiger partial charge in [-0.3, -0.25) is 9.59 Å². The second kappa shape index (κ2) is 6.19. The van der Waals surface area contributed by atoms with Gasteiger partial charge in [0.05, 0.1) is 11.9 Å². The van der Waals surface area contributed by atoms with E-state index in [9.17, 15) is 9.59 Å². The standard InChI is InChI=1S/C11H12N4O3S/c16-9(17)7-19-5-3-13-11(18)8-6-14-15-4-1-2-12-10(8)15/h1-2,4,6H,3,5,7H2,(H,13,18)(H,16,17). The highest BCUT2D eigenvalue weighted by atomic mass is 32.2. The number of hydrogen-bond donors (Lipinski definition) is 2. The van der Waals surface area contributed by atoms with Crippen molar-refractivity contribution in [1.82, 2.24) is 19.9 Å². The zero-order valence-electron chi connectivity index (χ0n) is 9.94. The number of thioether (sulfide) groups is 1. The second-order valence-corrected chi connectivity index (χ2v) is 4.75. The Morgan fingerprint density at radius 1 is 1.47 bits per heavy atom. The molecule has 0 saturated carbocycles. The Kier molecular flexibility index (Phi) is 4.35. The summed E-state index contributed by atoms with van der Waals surface area (Å²) in [4.78, 5) is 26.3. The third kappa shape index (κ3) is 3.44. The van der Waals surface area contributed by atoms with Crippen molar-refractivity contribution in [2.75, 3.05) is 18.1 Å². The first kappa shape index (κ1) is 13.3. The van der Waals surface area contributed by atoms with Gasteiger partial charge in [0.15, 0.2) is 5.65 Å². The molecule has 19 heavy (non-hydrogen) atoms. The van der Waals surface area contributed by atoms with Crippen molar-refractivity contribution in [3.8, 4) is 0 Å². The Balaban J connectivity index is 1.88. The molecule has 2 rings (SSSR count). The fourth-order valence-electron chi connectivity index (χ4n) is 1.48. The monoisotopic (exact) mass is 280 g/mol. The van der Waals surface area contributed by atoms with E-state index < -0.39 is 5.97 Å². The summed E-state index contributed by atoms with van der Waals surface area (Å²) in [5, 5.41) is 15.2. The molecule has 0 atom stereocenters. The van der Waals surface area contributed by atoms with Crippen LogP contribution in [0, 0.1) is 0 Å². The van der Waals surface area contributed by atoms with Crippen molar-refractivity contribution in [3.05, 3.63) is 30.2 Å². The highest BCUT2D eigenvalue weighted by molar-refractivity contribution is 7.99. The Labute approximate surface area is 113 Å². The molecule has 0 fully saturated rings. The fourth-order valence-corrected chi connectivity index (χ4v) is 2.04. The van der Waals surface area contributed by atoms with Crippen LogP contribution in [0.25, 0.3) is 5.65 Å². The Hall–Kier alpha value is -2.09. The van der Waals surface area contributed by atoms with Crippen LogP contribution >= 0.6 is 11.8 Å². The van der Waals surface area contributed by atoms with Crippen LogP contribution in [-0.4, -0.2) is 49.6 Å². The normalized spacial score (nSPS) is 10.5. The number of aromatic nitrogens is 3.